The molecule has 0 saturated carbocycles. The van der Waals surface area contributed by atoms with Gasteiger partial charge in [0, 0.05) is 33.7 Å². The second-order valence-corrected chi connectivity index (χ2v) is 9.76. The molecule has 5 heteroatoms. The SMILES string of the molecule is c1ccc(-c2nc(-c3ccccc3)nc(-n3c4ccccc4c4c(-c5ccccc5)c5ccccn5c43)n2)cc1. The van der Waals surface area contributed by atoms with Gasteiger partial charge < -0.3 is 4.40 Å². The van der Waals surface area contributed by atoms with Crippen molar-refractivity contribution in [1.29, 1.82) is 0 Å². The zero-order valence-electron chi connectivity index (χ0n) is 21.5. The molecule has 0 radical (unpaired) electrons. The van der Waals surface area contributed by atoms with Gasteiger partial charge in [-0.05, 0) is 23.8 Å². The molecule has 0 atom stereocenters. The number of fused-ring (bicyclic) bond motifs is 5. The van der Waals surface area contributed by atoms with Crippen molar-refractivity contribution >= 4 is 27.5 Å². The summed E-state index contributed by atoms with van der Waals surface area (Å²) in [4.78, 5) is 15.1. The first-order valence-corrected chi connectivity index (χ1v) is 13.3. The number of rotatable bonds is 4. The first-order chi connectivity index (χ1) is 19.9. The van der Waals surface area contributed by atoms with E-state index in [9.17, 15) is 0 Å². The number of aromatic nitrogens is 5. The average molecular weight is 514 g/mol. The van der Waals surface area contributed by atoms with E-state index in [2.05, 4.69) is 88.0 Å². The summed E-state index contributed by atoms with van der Waals surface area (Å²) in [5.74, 6) is 1.86. The molecule has 4 aromatic carbocycles. The van der Waals surface area contributed by atoms with E-state index in [1.54, 1.807) is 0 Å². The van der Waals surface area contributed by atoms with Crippen LogP contribution >= 0.6 is 0 Å². The van der Waals surface area contributed by atoms with Gasteiger partial charge in [-0.25, -0.2) is 4.98 Å². The molecule has 0 aliphatic carbocycles. The summed E-state index contributed by atoms with van der Waals surface area (Å²) < 4.78 is 4.44. The van der Waals surface area contributed by atoms with Crippen molar-refractivity contribution in [1.82, 2.24) is 23.9 Å². The first-order valence-electron chi connectivity index (χ1n) is 13.3. The molecule has 8 aromatic rings. The van der Waals surface area contributed by atoms with Crippen molar-refractivity contribution in [3.63, 3.8) is 0 Å². The molecule has 0 spiro atoms. The summed E-state index contributed by atoms with van der Waals surface area (Å²) in [5, 5.41) is 2.33. The van der Waals surface area contributed by atoms with Crippen LogP contribution in [0.1, 0.15) is 0 Å². The molecule has 0 aliphatic rings. The van der Waals surface area contributed by atoms with E-state index in [0.29, 0.717) is 17.6 Å². The lowest BCUT2D eigenvalue weighted by atomic mass is 10.0. The Kier molecular flexibility index (Phi) is 5.07. The molecule has 188 valence electrons. The van der Waals surface area contributed by atoms with Crippen LogP contribution in [0.15, 0.2) is 140 Å². The third-order valence-electron chi connectivity index (χ3n) is 7.39. The Morgan fingerprint density at radius 1 is 0.450 bits per heavy atom. The van der Waals surface area contributed by atoms with Crippen molar-refractivity contribution in [2.45, 2.75) is 0 Å². The minimum absolute atomic E-state index is 0.585. The van der Waals surface area contributed by atoms with E-state index >= 15 is 0 Å². The van der Waals surface area contributed by atoms with E-state index in [0.717, 1.165) is 33.2 Å². The maximum Gasteiger partial charge on any atom is 0.239 e. The van der Waals surface area contributed by atoms with Gasteiger partial charge in [0.15, 0.2) is 11.6 Å². The van der Waals surface area contributed by atoms with Gasteiger partial charge in [-0.15, -0.1) is 0 Å². The fourth-order valence-electron chi connectivity index (χ4n) is 5.66. The summed E-state index contributed by atoms with van der Waals surface area (Å²) >= 11 is 0. The fraction of sp³-hybridized carbons (Fsp3) is 0. The maximum absolute atomic E-state index is 5.09. The van der Waals surface area contributed by atoms with Crippen LogP contribution in [-0.2, 0) is 0 Å². The van der Waals surface area contributed by atoms with E-state index in [4.69, 9.17) is 15.0 Å². The predicted octanol–water partition coefficient (Wildman–Crippen LogP) is 8.22. The first kappa shape index (κ1) is 22.4. The van der Waals surface area contributed by atoms with Crippen LogP contribution in [0.4, 0.5) is 0 Å². The van der Waals surface area contributed by atoms with E-state index in [1.807, 2.05) is 60.7 Å². The van der Waals surface area contributed by atoms with Crippen LogP contribution in [0.2, 0.25) is 0 Å². The van der Waals surface area contributed by atoms with Crippen LogP contribution < -0.4 is 0 Å². The highest BCUT2D eigenvalue weighted by Gasteiger charge is 2.24. The van der Waals surface area contributed by atoms with E-state index in [-0.39, 0.29) is 0 Å². The Labute approximate surface area is 230 Å². The minimum Gasteiger partial charge on any atom is -0.302 e. The van der Waals surface area contributed by atoms with Gasteiger partial charge in [0.1, 0.15) is 5.65 Å². The highest BCUT2D eigenvalue weighted by molar-refractivity contribution is 6.19. The Morgan fingerprint density at radius 2 is 0.975 bits per heavy atom. The number of benzene rings is 4. The Bertz CT molecular complexity index is 2080. The van der Waals surface area contributed by atoms with Gasteiger partial charge in [0.25, 0.3) is 0 Å². The van der Waals surface area contributed by atoms with Gasteiger partial charge in [0.05, 0.1) is 11.0 Å². The largest absolute Gasteiger partial charge is 0.302 e. The molecule has 4 heterocycles. The molecule has 0 N–H and O–H groups in total. The number of para-hydroxylation sites is 1. The van der Waals surface area contributed by atoms with Gasteiger partial charge in [-0.3, -0.25) is 4.57 Å². The van der Waals surface area contributed by atoms with Gasteiger partial charge in [-0.1, -0.05) is 115 Å². The summed E-state index contributed by atoms with van der Waals surface area (Å²) in [6, 6.07) is 45.7. The van der Waals surface area contributed by atoms with Crippen LogP contribution in [-0.4, -0.2) is 23.9 Å². The smallest absolute Gasteiger partial charge is 0.239 e. The third-order valence-corrected chi connectivity index (χ3v) is 7.39. The molecule has 0 amide bonds. The molecule has 8 rings (SSSR count). The van der Waals surface area contributed by atoms with Crippen LogP contribution in [0, 0.1) is 0 Å². The zero-order valence-corrected chi connectivity index (χ0v) is 21.5. The molecule has 0 bridgehead atoms. The molecular weight excluding hydrogens is 490 g/mol. The molecule has 0 saturated heterocycles. The molecular formula is C35H23N5. The third kappa shape index (κ3) is 3.45. The second-order valence-electron chi connectivity index (χ2n) is 9.76. The normalized spacial score (nSPS) is 11.5. The highest BCUT2D eigenvalue weighted by Crippen LogP contribution is 2.42. The van der Waals surface area contributed by atoms with E-state index < -0.39 is 0 Å². The monoisotopic (exact) mass is 513 g/mol. The summed E-state index contributed by atoms with van der Waals surface area (Å²) in [6.07, 6.45) is 2.12. The van der Waals surface area contributed by atoms with Crippen LogP contribution in [0.25, 0.3) is 67.3 Å². The summed E-state index contributed by atoms with van der Waals surface area (Å²) in [7, 11) is 0. The van der Waals surface area contributed by atoms with E-state index in [1.165, 1.54) is 16.5 Å². The molecule has 40 heavy (non-hydrogen) atoms. The Morgan fingerprint density at radius 3 is 1.62 bits per heavy atom. The lowest BCUT2D eigenvalue weighted by Gasteiger charge is -2.11. The van der Waals surface area contributed by atoms with Crippen LogP contribution in [0.5, 0.6) is 0 Å². The fourth-order valence-corrected chi connectivity index (χ4v) is 5.66. The van der Waals surface area contributed by atoms with Crippen molar-refractivity contribution in [3.8, 4) is 39.9 Å². The van der Waals surface area contributed by atoms with Gasteiger partial charge >= 0.3 is 0 Å². The van der Waals surface area contributed by atoms with Gasteiger partial charge in [-0.2, -0.15) is 9.97 Å². The quantitative estimate of drug-likeness (QED) is 0.238. The summed E-state index contributed by atoms with van der Waals surface area (Å²) in [5.41, 5.74) is 7.48. The highest BCUT2D eigenvalue weighted by atomic mass is 15.2. The van der Waals surface area contributed by atoms with Crippen molar-refractivity contribution in [2.24, 2.45) is 0 Å². The number of nitrogens with zero attached hydrogens (tertiary/aromatic N) is 5. The minimum atomic E-state index is 0.585. The zero-order chi connectivity index (χ0) is 26.5. The van der Waals surface area contributed by atoms with Gasteiger partial charge in [0.2, 0.25) is 5.95 Å². The molecule has 4 aromatic heterocycles. The molecule has 0 aliphatic heterocycles. The number of hydrogen-bond donors (Lipinski definition) is 0. The summed E-state index contributed by atoms with van der Waals surface area (Å²) in [6.45, 7) is 0. The van der Waals surface area contributed by atoms with Crippen molar-refractivity contribution < 1.29 is 0 Å². The molecule has 0 unspecified atom stereocenters. The molecule has 5 nitrogen and oxygen atoms in total. The Balaban J connectivity index is 1.53. The number of hydrogen-bond acceptors (Lipinski definition) is 3. The number of pyridine rings is 1. The average Bonchev–Trinajstić information content (AvgIpc) is 3.55. The van der Waals surface area contributed by atoms with Crippen molar-refractivity contribution in [3.05, 3.63) is 140 Å². The lowest BCUT2D eigenvalue weighted by molar-refractivity contribution is 0.938. The second kappa shape index (κ2) is 9.03. The maximum atomic E-state index is 5.09. The Hall–Kier alpha value is -5.55. The lowest BCUT2D eigenvalue weighted by Crippen LogP contribution is -2.07. The topological polar surface area (TPSA) is 48.0 Å². The van der Waals surface area contributed by atoms with Crippen LogP contribution in [0.3, 0.4) is 0 Å². The molecule has 0 fully saturated rings. The standard InChI is InChI=1S/C35H23N5/c1-4-14-24(15-5-1)30-29-22-12-13-23-39(29)34-31(30)27-20-10-11-21-28(27)40(34)35-37-32(25-16-6-2-7-17-25)36-33(38-35)26-18-8-3-9-19-26/h1-23H. The predicted molar refractivity (Wildman–Crippen MR) is 161 cm³/mol. The van der Waals surface area contributed by atoms with Crippen molar-refractivity contribution in [2.75, 3.05) is 0 Å².